The van der Waals surface area contributed by atoms with E-state index in [1.165, 1.54) is 12.0 Å². The van der Waals surface area contributed by atoms with Crippen molar-refractivity contribution in [3.05, 3.63) is 22.2 Å². The van der Waals surface area contributed by atoms with Crippen molar-refractivity contribution in [2.75, 3.05) is 40.9 Å². The lowest BCUT2D eigenvalue weighted by Crippen LogP contribution is -2.24. The molecule has 0 aromatic heterocycles. The minimum Gasteiger partial charge on any atom is -0.493 e. The highest BCUT2D eigenvalue weighted by Crippen LogP contribution is 2.34. The van der Waals surface area contributed by atoms with Gasteiger partial charge in [0, 0.05) is 17.6 Å². The molecule has 0 amide bonds. The van der Waals surface area contributed by atoms with E-state index in [9.17, 15) is 0 Å². The Morgan fingerprint density at radius 3 is 2.65 bits per heavy atom. The smallest absolute Gasteiger partial charge is 0.161 e. The maximum atomic E-state index is 5.38. The highest BCUT2D eigenvalue weighted by Gasteiger charge is 2.22. The molecular weight excluding hydrogens is 320 g/mol. The van der Waals surface area contributed by atoms with E-state index in [1.54, 1.807) is 14.2 Å². The predicted octanol–water partition coefficient (Wildman–Crippen LogP) is 2.51. The van der Waals surface area contributed by atoms with Gasteiger partial charge in [-0.15, -0.1) is 0 Å². The fraction of sp³-hybridized carbons (Fsp3) is 0.600. The van der Waals surface area contributed by atoms with Crippen LogP contribution in [0.25, 0.3) is 0 Å². The number of rotatable bonds is 6. The van der Waals surface area contributed by atoms with Crippen LogP contribution in [-0.2, 0) is 6.54 Å². The first-order chi connectivity index (χ1) is 9.67. The molecule has 0 aliphatic carbocycles. The molecule has 4 nitrogen and oxygen atoms in total. The summed E-state index contributed by atoms with van der Waals surface area (Å²) < 4.78 is 11.8. The summed E-state index contributed by atoms with van der Waals surface area (Å²) in [5, 5.41) is 3.27. The first kappa shape index (κ1) is 15.6. The highest BCUT2D eigenvalue weighted by molar-refractivity contribution is 9.10. The average molecular weight is 343 g/mol. The molecule has 1 aromatic carbocycles. The molecule has 1 saturated heterocycles. The van der Waals surface area contributed by atoms with Crippen LogP contribution in [0.2, 0.25) is 0 Å². The van der Waals surface area contributed by atoms with E-state index < -0.39 is 0 Å². The van der Waals surface area contributed by atoms with Crippen molar-refractivity contribution in [3.8, 4) is 11.5 Å². The second-order valence-corrected chi connectivity index (χ2v) is 6.10. The second kappa shape index (κ2) is 7.29. The van der Waals surface area contributed by atoms with Crippen molar-refractivity contribution in [2.45, 2.75) is 13.0 Å². The van der Waals surface area contributed by atoms with Gasteiger partial charge in [0.05, 0.1) is 14.2 Å². The fourth-order valence-electron chi connectivity index (χ4n) is 2.77. The SMILES string of the molecule is CNCC1CCN(Cc2cc(OC)c(OC)cc2Br)C1. The Kier molecular flexibility index (Phi) is 5.69. The summed E-state index contributed by atoms with van der Waals surface area (Å²) in [5.41, 5.74) is 1.24. The van der Waals surface area contributed by atoms with E-state index in [4.69, 9.17) is 9.47 Å². The maximum Gasteiger partial charge on any atom is 0.161 e. The van der Waals surface area contributed by atoms with Crippen molar-refractivity contribution in [1.29, 1.82) is 0 Å². The molecule has 1 aromatic rings. The second-order valence-electron chi connectivity index (χ2n) is 5.25. The molecule has 2 rings (SSSR count). The lowest BCUT2D eigenvalue weighted by Gasteiger charge is -2.18. The van der Waals surface area contributed by atoms with Crippen LogP contribution < -0.4 is 14.8 Å². The van der Waals surface area contributed by atoms with E-state index in [-0.39, 0.29) is 0 Å². The third-order valence-corrected chi connectivity index (χ3v) is 4.55. The molecule has 20 heavy (non-hydrogen) atoms. The summed E-state index contributed by atoms with van der Waals surface area (Å²) in [4.78, 5) is 2.49. The molecule has 1 aliphatic rings. The van der Waals surface area contributed by atoms with Crippen LogP contribution in [0.1, 0.15) is 12.0 Å². The summed E-state index contributed by atoms with van der Waals surface area (Å²) in [6, 6.07) is 4.05. The summed E-state index contributed by atoms with van der Waals surface area (Å²) in [7, 11) is 5.36. The van der Waals surface area contributed by atoms with E-state index in [0.29, 0.717) is 0 Å². The Hall–Kier alpha value is -0.780. The zero-order valence-electron chi connectivity index (χ0n) is 12.4. The topological polar surface area (TPSA) is 33.7 Å². The third-order valence-electron chi connectivity index (χ3n) is 3.81. The number of nitrogens with one attached hydrogen (secondary N) is 1. The summed E-state index contributed by atoms with van der Waals surface area (Å²) in [5.74, 6) is 2.31. The van der Waals surface area contributed by atoms with Crippen LogP contribution in [0.4, 0.5) is 0 Å². The molecular formula is C15H23BrN2O2. The first-order valence-electron chi connectivity index (χ1n) is 6.95. The van der Waals surface area contributed by atoms with Gasteiger partial charge in [-0.1, -0.05) is 15.9 Å². The van der Waals surface area contributed by atoms with Gasteiger partial charge in [-0.3, -0.25) is 4.90 Å². The lowest BCUT2D eigenvalue weighted by molar-refractivity contribution is 0.312. The molecule has 0 saturated carbocycles. The zero-order chi connectivity index (χ0) is 14.5. The molecule has 1 N–H and O–H groups in total. The molecule has 0 bridgehead atoms. The monoisotopic (exact) mass is 342 g/mol. The van der Waals surface area contributed by atoms with Crippen molar-refractivity contribution in [1.82, 2.24) is 10.2 Å². The number of nitrogens with zero attached hydrogens (tertiary/aromatic N) is 1. The number of benzene rings is 1. The van der Waals surface area contributed by atoms with Gasteiger partial charge in [-0.2, -0.15) is 0 Å². The molecule has 1 atom stereocenters. The largest absolute Gasteiger partial charge is 0.493 e. The van der Waals surface area contributed by atoms with Crippen LogP contribution in [0.5, 0.6) is 11.5 Å². The van der Waals surface area contributed by atoms with E-state index in [1.807, 2.05) is 13.1 Å². The van der Waals surface area contributed by atoms with Gasteiger partial charge in [0.15, 0.2) is 11.5 Å². The minimum atomic E-state index is 0.762. The fourth-order valence-corrected chi connectivity index (χ4v) is 3.22. The highest BCUT2D eigenvalue weighted by atomic mass is 79.9. The molecule has 1 heterocycles. The van der Waals surface area contributed by atoms with Gasteiger partial charge in [-0.05, 0) is 50.2 Å². The number of ether oxygens (including phenoxy) is 2. The van der Waals surface area contributed by atoms with Crippen molar-refractivity contribution >= 4 is 15.9 Å². The van der Waals surface area contributed by atoms with Crippen molar-refractivity contribution < 1.29 is 9.47 Å². The standard InChI is InChI=1S/C15H23BrN2O2/c1-17-8-11-4-5-18(9-11)10-12-6-14(19-2)15(20-3)7-13(12)16/h6-7,11,17H,4-5,8-10H2,1-3H3. The Morgan fingerprint density at radius 1 is 1.30 bits per heavy atom. The van der Waals surface area contributed by atoms with Gasteiger partial charge < -0.3 is 14.8 Å². The minimum absolute atomic E-state index is 0.762. The van der Waals surface area contributed by atoms with Crippen LogP contribution >= 0.6 is 15.9 Å². The lowest BCUT2D eigenvalue weighted by atomic mass is 10.1. The van der Waals surface area contributed by atoms with Gasteiger partial charge in [-0.25, -0.2) is 0 Å². The van der Waals surface area contributed by atoms with Crippen molar-refractivity contribution in [3.63, 3.8) is 0 Å². The van der Waals surface area contributed by atoms with Gasteiger partial charge >= 0.3 is 0 Å². The Bertz CT molecular complexity index is 454. The average Bonchev–Trinajstić information content (AvgIpc) is 2.88. The predicted molar refractivity (Wildman–Crippen MR) is 84.6 cm³/mol. The summed E-state index contributed by atoms with van der Waals surface area (Å²) in [6.45, 7) is 4.36. The third kappa shape index (κ3) is 3.65. The van der Waals surface area contributed by atoms with Gasteiger partial charge in [0.2, 0.25) is 0 Å². The molecule has 1 aliphatic heterocycles. The van der Waals surface area contributed by atoms with E-state index in [0.717, 1.165) is 48.1 Å². The number of hydrogen-bond donors (Lipinski definition) is 1. The van der Waals surface area contributed by atoms with E-state index in [2.05, 4.69) is 32.2 Å². The molecule has 0 spiro atoms. The quantitative estimate of drug-likeness (QED) is 0.861. The van der Waals surface area contributed by atoms with Gasteiger partial charge in [0.1, 0.15) is 0 Å². The Labute approximate surface area is 129 Å². The normalized spacial score (nSPS) is 19.3. The van der Waals surface area contributed by atoms with Crippen LogP contribution in [-0.4, -0.2) is 45.8 Å². The van der Waals surface area contributed by atoms with Crippen LogP contribution in [0.15, 0.2) is 16.6 Å². The number of methoxy groups -OCH3 is 2. The van der Waals surface area contributed by atoms with Crippen molar-refractivity contribution in [2.24, 2.45) is 5.92 Å². The summed E-state index contributed by atoms with van der Waals surface area (Å²) >= 11 is 3.63. The Morgan fingerprint density at radius 2 is 2.00 bits per heavy atom. The number of halogens is 1. The van der Waals surface area contributed by atoms with Crippen LogP contribution in [0, 0.1) is 5.92 Å². The van der Waals surface area contributed by atoms with Crippen LogP contribution in [0.3, 0.4) is 0 Å². The molecule has 112 valence electrons. The maximum absolute atomic E-state index is 5.38. The summed E-state index contributed by atoms with van der Waals surface area (Å²) in [6.07, 6.45) is 1.27. The molecule has 1 unspecified atom stereocenters. The Balaban J connectivity index is 2.06. The number of likely N-dealkylation sites (tertiary alicyclic amines) is 1. The first-order valence-corrected chi connectivity index (χ1v) is 7.74. The number of hydrogen-bond acceptors (Lipinski definition) is 4. The molecule has 5 heteroatoms. The van der Waals surface area contributed by atoms with Gasteiger partial charge in [0.25, 0.3) is 0 Å². The molecule has 1 fully saturated rings. The zero-order valence-corrected chi connectivity index (χ0v) is 14.0. The molecule has 0 radical (unpaired) electrons. The van der Waals surface area contributed by atoms with E-state index >= 15 is 0 Å².